The van der Waals surface area contributed by atoms with Crippen molar-refractivity contribution in [2.24, 2.45) is 0 Å². The number of ether oxygens (including phenoxy) is 1. The van der Waals surface area contributed by atoms with Crippen molar-refractivity contribution in [2.75, 3.05) is 22.9 Å². The fourth-order valence-corrected chi connectivity index (χ4v) is 4.35. The van der Waals surface area contributed by atoms with Gasteiger partial charge in [0.25, 0.3) is 11.7 Å². The largest absolute Gasteiger partial charge is 0.410 e. The molecule has 8 nitrogen and oxygen atoms in total. The Kier molecular flexibility index (Phi) is 6.27. The SMILES string of the molecule is CCC(=O)N1CCc2cc(N3CC[C@](O)(OC(=O)NCc4cc(F)cc(Cl)c4)C3=O)ccc21. The van der Waals surface area contributed by atoms with E-state index in [4.69, 9.17) is 16.3 Å². The van der Waals surface area contributed by atoms with Crippen molar-refractivity contribution in [3.63, 3.8) is 0 Å². The summed E-state index contributed by atoms with van der Waals surface area (Å²) in [6.07, 6.45) is -0.0483. The van der Waals surface area contributed by atoms with Crippen molar-refractivity contribution < 1.29 is 28.6 Å². The first kappa shape index (κ1) is 23.0. The van der Waals surface area contributed by atoms with Crippen LogP contribution < -0.4 is 15.1 Å². The summed E-state index contributed by atoms with van der Waals surface area (Å²) in [5.41, 5.74) is 2.71. The number of fused-ring (bicyclic) bond motifs is 1. The van der Waals surface area contributed by atoms with Crippen LogP contribution in [0.4, 0.5) is 20.6 Å². The van der Waals surface area contributed by atoms with Gasteiger partial charge in [0, 0.05) is 48.9 Å². The van der Waals surface area contributed by atoms with E-state index in [1.807, 2.05) is 13.0 Å². The number of alkyl carbamates (subject to hydrolysis) is 1. The molecule has 1 saturated heterocycles. The van der Waals surface area contributed by atoms with Crippen LogP contribution in [-0.2, 0) is 27.3 Å². The molecule has 2 aliphatic heterocycles. The van der Waals surface area contributed by atoms with Crippen LogP contribution in [0.15, 0.2) is 36.4 Å². The quantitative estimate of drug-likeness (QED) is 0.647. The second kappa shape index (κ2) is 8.99. The van der Waals surface area contributed by atoms with E-state index in [9.17, 15) is 23.9 Å². The van der Waals surface area contributed by atoms with Gasteiger partial charge < -0.3 is 25.0 Å². The predicted octanol–water partition coefficient (Wildman–Crippen LogP) is 3.13. The standard InChI is InChI=1S/C23H23ClFN3O5/c1-2-20(29)28-7-5-15-11-18(3-4-19(15)28)27-8-6-23(32,21(27)30)33-22(31)26-13-14-9-16(24)12-17(25)10-14/h3-4,9-12,32H,2,5-8,13H2,1H3,(H,26,31)/t23-/m0/s1. The molecule has 2 aromatic rings. The molecule has 0 unspecified atom stereocenters. The van der Waals surface area contributed by atoms with Gasteiger partial charge >= 0.3 is 6.09 Å². The number of amides is 3. The van der Waals surface area contributed by atoms with Gasteiger partial charge in [-0.05, 0) is 53.9 Å². The highest BCUT2D eigenvalue weighted by atomic mass is 35.5. The van der Waals surface area contributed by atoms with Crippen LogP contribution in [0.5, 0.6) is 0 Å². The molecule has 33 heavy (non-hydrogen) atoms. The molecular formula is C23H23ClFN3O5. The first-order valence-electron chi connectivity index (χ1n) is 10.6. The topological polar surface area (TPSA) is 99.2 Å². The Labute approximate surface area is 194 Å². The van der Waals surface area contributed by atoms with E-state index < -0.39 is 23.6 Å². The van der Waals surface area contributed by atoms with Crippen molar-refractivity contribution in [1.29, 1.82) is 0 Å². The molecule has 0 aromatic heterocycles. The molecule has 0 radical (unpaired) electrons. The molecule has 0 saturated carbocycles. The molecule has 10 heteroatoms. The first-order chi connectivity index (χ1) is 15.7. The van der Waals surface area contributed by atoms with Gasteiger partial charge in [0.15, 0.2) is 0 Å². The molecule has 1 fully saturated rings. The number of hydrogen-bond acceptors (Lipinski definition) is 5. The maximum Gasteiger partial charge on any atom is 0.410 e. The molecule has 3 amide bonds. The maximum atomic E-state index is 13.4. The van der Waals surface area contributed by atoms with E-state index in [1.54, 1.807) is 17.0 Å². The van der Waals surface area contributed by atoms with Crippen molar-refractivity contribution in [3.8, 4) is 0 Å². The number of halogens is 2. The fraction of sp³-hybridized carbons (Fsp3) is 0.348. The third-order valence-electron chi connectivity index (χ3n) is 5.75. The van der Waals surface area contributed by atoms with Crippen LogP contribution in [0, 0.1) is 5.82 Å². The monoisotopic (exact) mass is 475 g/mol. The fourth-order valence-electron chi connectivity index (χ4n) is 4.11. The number of carbonyl (C=O) groups is 3. The lowest BCUT2D eigenvalue weighted by atomic mass is 10.1. The van der Waals surface area contributed by atoms with Gasteiger partial charge in [0.05, 0.1) is 0 Å². The van der Waals surface area contributed by atoms with Crippen LogP contribution in [0.3, 0.4) is 0 Å². The van der Waals surface area contributed by atoms with E-state index in [1.165, 1.54) is 17.0 Å². The summed E-state index contributed by atoms with van der Waals surface area (Å²) in [7, 11) is 0. The van der Waals surface area contributed by atoms with Crippen LogP contribution in [0.25, 0.3) is 0 Å². The van der Waals surface area contributed by atoms with E-state index >= 15 is 0 Å². The lowest BCUT2D eigenvalue weighted by Gasteiger charge is -2.23. The number of rotatable bonds is 5. The van der Waals surface area contributed by atoms with Gasteiger partial charge in [-0.2, -0.15) is 0 Å². The third-order valence-corrected chi connectivity index (χ3v) is 5.97. The van der Waals surface area contributed by atoms with Gasteiger partial charge in [0.2, 0.25) is 5.91 Å². The Balaban J connectivity index is 1.41. The summed E-state index contributed by atoms with van der Waals surface area (Å²) in [4.78, 5) is 40.2. The van der Waals surface area contributed by atoms with Crippen LogP contribution in [0.1, 0.15) is 30.9 Å². The Hall–Kier alpha value is -3.17. The highest BCUT2D eigenvalue weighted by molar-refractivity contribution is 6.30. The zero-order valence-electron chi connectivity index (χ0n) is 17.9. The summed E-state index contributed by atoms with van der Waals surface area (Å²) in [5, 5.41) is 13.2. The Morgan fingerprint density at radius 2 is 2.03 bits per heavy atom. The third kappa shape index (κ3) is 4.65. The van der Waals surface area contributed by atoms with Gasteiger partial charge in [-0.3, -0.25) is 9.59 Å². The lowest BCUT2D eigenvalue weighted by molar-refractivity contribution is -0.175. The summed E-state index contributed by atoms with van der Waals surface area (Å²) in [6.45, 7) is 2.45. The normalized spacial score (nSPS) is 19.6. The highest BCUT2D eigenvalue weighted by Gasteiger charge is 2.49. The molecule has 2 aliphatic rings. The van der Waals surface area contributed by atoms with Gasteiger partial charge in [-0.15, -0.1) is 0 Å². The first-order valence-corrected chi connectivity index (χ1v) is 11.0. The van der Waals surface area contributed by atoms with Gasteiger partial charge in [-0.25, -0.2) is 9.18 Å². The summed E-state index contributed by atoms with van der Waals surface area (Å²) in [5.74, 6) is -3.59. The van der Waals surface area contributed by atoms with Crippen molar-refractivity contribution >= 4 is 40.9 Å². The summed E-state index contributed by atoms with van der Waals surface area (Å²) in [6, 6.07) is 9.12. The molecule has 0 bridgehead atoms. The maximum absolute atomic E-state index is 13.4. The average Bonchev–Trinajstić information content (AvgIpc) is 3.32. The molecule has 2 aromatic carbocycles. The zero-order valence-corrected chi connectivity index (χ0v) is 18.7. The van der Waals surface area contributed by atoms with E-state index in [2.05, 4.69) is 5.32 Å². The molecular weight excluding hydrogens is 453 g/mol. The van der Waals surface area contributed by atoms with Gasteiger partial charge in [-0.1, -0.05) is 18.5 Å². The summed E-state index contributed by atoms with van der Waals surface area (Å²) >= 11 is 5.79. The molecule has 2 N–H and O–H groups in total. The predicted molar refractivity (Wildman–Crippen MR) is 119 cm³/mol. The zero-order chi connectivity index (χ0) is 23.8. The molecule has 0 aliphatic carbocycles. The number of carbonyl (C=O) groups excluding carboxylic acids is 3. The molecule has 4 rings (SSSR count). The average molecular weight is 476 g/mol. The number of nitrogens with zero attached hydrogens (tertiary/aromatic N) is 2. The lowest BCUT2D eigenvalue weighted by Crippen LogP contribution is -2.46. The van der Waals surface area contributed by atoms with Crippen molar-refractivity contribution in [2.45, 2.75) is 38.5 Å². The molecule has 0 spiro atoms. The number of benzene rings is 2. The number of aliphatic hydroxyl groups is 1. The minimum absolute atomic E-state index is 0.0352. The van der Waals surface area contributed by atoms with E-state index in [0.29, 0.717) is 30.6 Å². The van der Waals surface area contributed by atoms with E-state index in [-0.39, 0.29) is 30.4 Å². The highest BCUT2D eigenvalue weighted by Crippen LogP contribution is 2.35. The summed E-state index contributed by atoms with van der Waals surface area (Å²) < 4.78 is 18.5. The van der Waals surface area contributed by atoms with Crippen LogP contribution >= 0.6 is 11.6 Å². The minimum atomic E-state index is -2.31. The van der Waals surface area contributed by atoms with Crippen molar-refractivity contribution in [3.05, 3.63) is 58.4 Å². The minimum Gasteiger partial charge on any atom is -0.407 e. The van der Waals surface area contributed by atoms with E-state index in [0.717, 1.165) is 17.3 Å². The van der Waals surface area contributed by atoms with Gasteiger partial charge in [0.1, 0.15) is 5.82 Å². The number of anilines is 2. The molecule has 2 heterocycles. The Morgan fingerprint density at radius 1 is 1.24 bits per heavy atom. The number of nitrogens with one attached hydrogen (secondary N) is 1. The van der Waals surface area contributed by atoms with Crippen LogP contribution in [0.2, 0.25) is 5.02 Å². The van der Waals surface area contributed by atoms with Crippen molar-refractivity contribution in [1.82, 2.24) is 5.32 Å². The molecule has 174 valence electrons. The van der Waals surface area contributed by atoms with Crippen LogP contribution in [-0.4, -0.2) is 41.9 Å². The smallest absolute Gasteiger partial charge is 0.407 e. The second-order valence-electron chi connectivity index (χ2n) is 7.97. The Morgan fingerprint density at radius 3 is 2.76 bits per heavy atom. The Bertz CT molecular complexity index is 1110. The number of hydrogen-bond donors (Lipinski definition) is 2. The second-order valence-corrected chi connectivity index (χ2v) is 8.41. The molecule has 1 atom stereocenters.